The van der Waals surface area contributed by atoms with Crippen LogP contribution in [-0.4, -0.2) is 45.9 Å². The van der Waals surface area contributed by atoms with E-state index in [-0.39, 0.29) is 6.03 Å². The molecule has 0 spiro atoms. The third-order valence-corrected chi connectivity index (χ3v) is 4.39. The minimum Gasteiger partial charge on any atom is -0.492 e. The summed E-state index contributed by atoms with van der Waals surface area (Å²) in [5.41, 5.74) is 2.15. The third-order valence-electron chi connectivity index (χ3n) is 4.13. The van der Waals surface area contributed by atoms with E-state index >= 15 is 0 Å². The quantitative estimate of drug-likeness (QED) is 0.631. The summed E-state index contributed by atoms with van der Waals surface area (Å²) in [4.78, 5) is 17.7. The van der Waals surface area contributed by atoms with Gasteiger partial charge < -0.3 is 15.0 Å². The highest BCUT2D eigenvalue weighted by Gasteiger charge is 2.08. The van der Waals surface area contributed by atoms with E-state index in [9.17, 15) is 4.79 Å². The van der Waals surface area contributed by atoms with Gasteiger partial charge in [-0.05, 0) is 35.4 Å². The van der Waals surface area contributed by atoms with E-state index in [1.165, 1.54) is 6.33 Å². The van der Waals surface area contributed by atoms with Gasteiger partial charge in [0.15, 0.2) is 0 Å². The number of nitrogens with one attached hydrogen (secondary N) is 1. The lowest BCUT2D eigenvalue weighted by molar-refractivity contribution is 0.195. The van der Waals surface area contributed by atoms with Gasteiger partial charge in [0.05, 0.1) is 13.1 Å². The maximum absolute atomic E-state index is 12.2. The Balaban J connectivity index is 1.38. The molecule has 8 heteroatoms. The van der Waals surface area contributed by atoms with Crippen LogP contribution in [0.25, 0.3) is 0 Å². The Morgan fingerprint density at radius 2 is 1.86 bits per heavy atom. The summed E-state index contributed by atoms with van der Waals surface area (Å²) in [5, 5.41) is 7.66. The molecular formula is C20H22ClN5O2. The van der Waals surface area contributed by atoms with Crippen LogP contribution < -0.4 is 10.1 Å². The highest BCUT2D eigenvalue weighted by molar-refractivity contribution is 6.30. The molecule has 2 aromatic carbocycles. The van der Waals surface area contributed by atoms with Gasteiger partial charge in [0.2, 0.25) is 0 Å². The van der Waals surface area contributed by atoms with Gasteiger partial charge in [-0.2, -0.15) is 5.10 Å². The zero-order valence-corrected chi connectivity index (χ0v) is 16.3. The Morgan fingerprint density at radius 3 is 2.54 bits per heavy atom. The van der Waals surface area contributed by atoms with E-state index < -0.39 is 0 Å². The fourth-order valence-electron chi connectivity index (χ4n) is 2.51. The van der Waals surface area contributed by atoms with Crippen molar-refractivity contribution in [3.8, 4) is 5.75 Å². The van der Waals surface area contributed by atoms with E-state index in [0.29, 0.717) is 31.3 Å². The highest BCUT2D eigenvalue weighted by atomic mass is 35.5. The molecule has 0 saturated carbocycles. The van der Waals surface area contributed by atoms with Crippen LogP contribution in [-0.2, 0) is 13.1 Å². The number of nitrogens with zero attached hydrogens (tertiary/aromatic N) is 4. The second-order valence-corrected chi connectivity index (χ2v) is 6.73. The van der Waals surface area contributed by atoms with Crippen LogP contribution in [0.4, 0.5) is 4.79 Å². The van der Waals surface area contributed by atoms with Crippen molar-refractivity contribution in [3.05, 3.63) is 77.3 Å². The van der Waals surface area contributed by atoms with E-state index in [1.54, 1.807) is 47.2 Å². The average Bonchev–Trinajstić information content (AvgIpc) is 3.21. The lowest BCUT2D eigenvalue weighted by atomic mass is 10.1. The summed E-state index contributed by atoms with van der Waals surface area (Å²) in [6, 6.07) is 15.0. The highest BCUT2D eigenvalue weighted by Crippen LogP contribution is 2.15. The van der Waals surface area contributed by atoms with E-state index in [0.717, 1.165) is 16.9 Å². The second-order valence-electron chi connectivity index (χ2n) is 6.29. The van der Waals surface area contributed by atoms with Gasteiger partial charge in [-0.25, -0.2) is 14.5 Å². The number of aromatic nitrogens is 3. The number of carbonyl (C=O) groups excluding carboxylic acids is 1. The number of hydrogen-bond acceptors (Lipinski definition) is 4. The Morgan fingerprint density at radius 1 is 1.14 bits per heavy atom. The number of benzene rings is 2. The van der Waals surface area contributed by atoms with Gasteiger partial charge in [-0.1, -0.05) is 35.9 Å². The van der Waals surface area contributed by atoms with Crippen molar-refractivity contribution in [2.24, 2.45) is 0 Å². The van der Waals surface area contributed by atoms with Gasteiger partial charge in [-0.3, -0.25) is 0 Å². The fraction of sp³-hybridized carbons (Fsp3) is 0.250. The molecular weight excluding hydrogens is 378 g/mol. The smallest absolute Gasteiger partial charge is 0.317 e. The first kappa shape index (κ1) is 19.7. The van der Waals surface area contributed by atoms with Crippen LogP contribution in [0.2, 0.25) is 5.02 Å². The first-order valence-electron chi connectivity index (χ1n) is 8.88. The number of ether oxygens (including phenoxy) is 1. The number of likely N-dealkylation sites (N-methyl/N-ethyl adjacent to an activating group) is 1. The Bertz CT molecular complexity index is 867. The summed E-state index contributed by atoms with van der Waals surface area (Å²) in [6.45, 7) is 2.02. The molecule has 0 aliphatic heterocycles. The summed E-state index contributed by atoms with van der Waals surface area (Å²) >= 11 is 5.84. The van der Waals surface area contributed by atoms with Crippen LogP contribution in [0.5, 0.6) is 5.75 Å². The van der Waals surface area contributed by atoms with Crippen LogP contribution in [0.15, 0.2) is 61.2 Å². The molecule has 0 bridgehead atoms. The minimum absolute atomic E-state index is 0.147. The molecule has 7 nitrogen and oxygen atoms in total. The SMILES string of the molecule is CN(CCOc1ccc(Cl)cc1)C(=O)NCc1ccc(Cn2cncn2)cc1. The molecule has 1 N–H and O–H groups in total. The molecule has 0 atom stereocenters. The van der Waals surface area contributed by atoms with E-state index in [1.807, 2.05) is 24.3 Å². The van der Waals surface area contributed by atoms with Crippen molar-refractivity contribution >= 4 is 17.6 Å². The second kappa shape index (κ2) is 9.75. The molecule has 0 aliphatic carbocycles. The standard InChI is InChI=1S/C20H22ClN5O2/c1-25(10-11-28-19-8-6-18(21)7-9-19)20(27)23-12-16-2-4-17(5-3-16)13-26-15-22-14-24-26/h2-9,14-15H,10-13H2,1H3,(H,23,27). The van der Waals surface area contributed by atoms with Crippen molar-refractivity contribution in [1.82, 2.24) is 25.0 Å². The number of halogens is 1. The van der Waals surface area contributed by atoms with E-state index in [4.69, 9.17) is 16.3 Å². The topological polar surface area (TPSA) is 72.3 Å². The van der Waals surface area contributed by atoms with Crippen molar-refractivity contribution in [2.75, 3.05) is 20.2 Å². The Kier molecular flexibility index (Phi) is 6.86. The normalized spacial score (nSPS) is 10.5. The fourth-order valence-corrected chi connectivity index (χ4v) is 2.64. The Labute approximate surface area is 168 Å². The lowest BCUT2D eigenvalue weighted by Gasteiger charge is -2.18. The molecule has 3 rings (SSSR count). The maximum atomic E-state index is 12.2. The molecule has 0 fully saturated rings. The first-order chi connectivity index (χ1) is 13.6. The van der Waals surface area contributed by atoms with Crippen LogP contribution in [0.3, 0.4) is 0 Å². The Hall–Kier alpha value is -3.06. The number of rotatable bonds is 8. The van der Waals surface area contributed by atoms with Gasteiger partial charge in [0.1, 0.15) is 25.0 Å². The third kappa shape index (κ3) is 5.99. The maximum Gasteiger partial charge on any atom is 0.317 e. The molecule has 3 aromatic rings. The molecule has 0 radical (unpaired) electrons. The zero-order valence-electron chi connectivity index (χ0n) is 15.6. The first-order valence-corrected chi connectivity index (χ1v) is 9.25. The van der Waals surface area contributed by atoms with Crippen LogP contribution in [0.1, 0.15) is 11.1 Å². The molecule has 0 saturated heterocycles. The van der Waals surface area contributed by atoms with Crippen molar-refractivity contribution in [2.45, 2.75) is 13.1 Å². The van der Waals surface area contributed by atoms with Crippen molar-refractivity contribution in [1.29, 1.82) is 0 Å². The van der Waals surface area contributed by atoms with Gasteiger partial charge in [-0.15, -0.1) is 0 Å². The predicted molar refractivity (Wildman–Crippen MR) is 107 cm³/mol. The summed E-state index contributed by atoms with van der Waals surface area (Å²) < 4.78 is 7.37. The molecule has 1 aromatic heterocycles. The molecule has 1 heterocycles. The number of carbonyl (C=O) groups is 1. The number of hydrogen-bond donors (Lipinski definition) is 1. The summed E-state index contributed by atoms with van der Waals surface area (Å²) in [6.07, 6.45) is 3.20. The lowest BCUT2D eigenvalue weighted by Crippen LogP contribution is -2.39. The van der Waals surface area contributed by atoms with E-state index in [2.05, 4.69) is 15.4 Å². The van der Waals surface area contributed by atoms with Crippen molar-refractivity contribution in [3.63, 3.8) is 0 Å². The summed E-state index contributed by atoms with van der Waals surface area (Å²) in [5.74, 6) is 0.726. The molecule has 28 heavy (non-hydrogen) atoms. The number of urea groups is 1. The van der Waals surface area contributed by atoms with Gasteiger partial charge >= 0.3 is 6.03 Å². The predicted octanol–water partition coefficient (Wildman–Crippen LogP) is 3.20. The van der Waals surface area contributed by atoms with Crippen molar-refractivity contribution < 1.29 is 9.53 Å². The molecule has 0 unspecified atom stereocenters. The van der Waals surface area contributed by atoms with Crippen LogP contribution >= 0.6 is 11.6 Å². The van der Waals surface area contributed by atoms with Crippen LogP contribution in [0, 0.1) is 0 Å². The monoisotopic (exact) mass is 399 g/mol. The molecule has 2 amide bonds. The minimum atomic E-state index is -0.147. The largest absolute Gasteiger partial charge is 0.492 e. The molecule has 0 aliphatic rings. The number of amides is 2. The average molecular weight is 400 g/mol. The zero-order chi connectivity index (χ0) is 19.8. The van der Waals surface area contributed by atoms with Gasteiger partial charge in [0, 0.05) is 18.6 Å². The summed E-state index contributed by atoms with van der Waals surface area (Å²) in [7, 11) is 1.74. The van der Waals surface area contributed by atoms with Gasteiger partial charge in [0.25, 0.3) is 0 Å². The molecule has 146 valence electrons.